The maximum atomic E-state index is 13.1. The van der Waals surface area contributed by atoms with Gasteiger partial charge in [0.1, 0.15) is 12.7 Å². The number of quaternary nitrogens is 1. The summed E-state index contributed by atoms with van der Waals surface area (Å²) in [5, 5.41) is 0. The van der Waals surface area contributed by atoms with Crippen molar-refractivity contribution in [3.8, 4) is 0 Å². The molecule has 0 saturated heterocycles. The predicted molar refractivity (Wildman–Crippen MR) is 113 cm³/mol. The molecule has 0 spiro atoms. The van der Waals surface area contributed by atoms with E-state index >= 15 is 0 Å². The van der Waals surface area contributed by atoms with E-state index in [4.69, 9.17) is 5.73 Å². The van der Waals surface area contributed by atoms with Gasteiger partial charge in [0.2, 0.25) is 0 Å². The normalized spacial score (nSPS) is 19.7. The molecule has 2 N–H and O–H groups in total. The second-order valence-corrected chi connectivity index (χ2v) is 9.33. The van der Waals surface area contributed by atoms with E-state index in [2.05, 4.69) is 19.1 Å². The van der Waals surface area contributed by atoms with Gasteiger partial charge in [-0.2, -0.15) is 12.3 Å². The molecular formula is C22H27N2O2S+. The van der Waals surface area contributed by atoms with Gasteiger partial charge in [-0.1, -0.05) is 42.5 Å². The first kappa shape index (κ1) is 19.5. The molecule has 0 aliphatic carbocycles. The highest BCUT2D eigenvalue weighted by Crippen LogP contribution is 2.34. The number of benzene rings is 2. The number of rotatable bonds is 6. The lowest BCUT2D eigenvalue weighted by Gasteiger charge is -2.34. The number of nitrogens with two attached hydrogens (primary N) is 1. The molecule has 1 unspecified atom stereocenters. The molecule has 0 radical (unpaired) electrons. The molecule has 0 amide bonds. The standard InChI is InChI=1S/C22H27N2O2S/c1-3-27(25,26)24(13-7-10-20(16-23)17-24)22-12-11-18(2)21(15-22)14-19-8-5-4-6-9-19/h4-12,15,17H,3,13-14,16,23H2,1-2H3/q+1. The minimum Gasteiger partial charge on any atom is -0.326 e. The molecule has 0 bridgehead atoms. The maximum Gasteiger partial charge on any atom is 0.306 e. The Morgan fingerprint density at radius 2 is 1.85 bits per heavy atom. The van der Waals surface area contributed by atoms with Crippen molar-refractivity contribution in [2.45, 2.75) is 20.3 Å². The first-order valence-electron chi connectivity index (χ1n) is 9.25. The summed E-state index contributed by atoms with van der Waals surface area (Å²) in [5.74, 6) is 0.0666. The smallest absolute Gasteiger partial charge is 0.306 e. The van der Waals surface area contributed by atoms with Crippen molar-refractivity contribution in [3.05, 3.63) is 89.1 Å². The molecule has 27 heavy (non-hydrogen) atoms. The zero-order valence-electron chi connectivity index (χ0n) is 15.9. The lowest BCUT2D eigenvalue weighted by molar-refractivity contribution is 0.511. The minimum atomic E-state index is -3.43. The van der Waals surface area contributed by atoms with E-state index in [1.54, 1.807) is 13.1 Å². The van der Waals surface area contributed by atoms with Gasteiger partial charge >= 0.3 is 10.0 Å². The van der Waals surface area contributed by atoms with Crippen molar-refractivity contribution >= 4 is 15.7 Å². The van der Waals surface area contributed by atoms with E-state index in [-0.39, 0.29) is 9.64 Å². The average molecular weight is 384 g/mol. The average Bonchev–Trinajstić information content (AvgIpc) is 2.70. The fourth-order valence-electron chi connectivity index (χ4n) is 3.51. The Bertz CT molecular complexity index is 979. The predicted octanol–water partition coefficient (Wildman–Crippen LogP) is 3.66. The molecule has 1 aliphatic heterocycles. The summed E-state index contributed by atoms with van der Waals surface area (Å²) < 4.78 is 26.1. The molecule has 0 aromatic heterocycles. The van der Waals surface area contributed by atoms with Crippen LogP contribution in [0.1, 0.15) is 23.6 Å². The number of hydrogen-bond donors (Lipinski definition) is 1. The van der Waals surface area contributed by atoms with Crippen LogP contribution in [0.25, 0.3) is 0 Å². The Hall–Kier alpha value is -2.21. The van der Waals surface area contributed by atoms with E-state index < -0.39 is 10.0 Å². The van der Waals surface area contributed by atoms with Crippen molar-refractivity contribution in [2.24, 2.45) is 5.73 Å². The zero-order chi connectivity index (χ0) is 19.5. The van der Waals surface area contributed by atoms with Crippen LogP contribution in [0, 0.1) is 6.92 Å². The Labute approximate surface area is 162 Å². The van der Waals surface area contributed by atoms with Crippen molar-refractivity contribution in [3.63, 3.8) is 0 Å². The Kier molecular flexibility index (Phi) is 5.65. The molecule has 5 heteroatoms. The molecule has 0 fully saturated rings. The van der Waals surface area contributed by atoms with Gasteiger partial charge in [-0.25, -0.2) is 0 Å². The van der Waals surface area contributed by atoms with Crippen molar-refractivity contribution < 1.29 is 8.42 Å². The first-order valence-corrected chi connectivity index (χ1v) is 10.9. The summed E-state index contributed by atoms with van der Waals surface area (Å²) >= 11 is 0. The molecule has 142 valence electrons. The highest BCUT2D eigenvalue weighted by molar-refractivity contribution is 7.91. The van der Waals surface area contributed by atoms with Crippen LogP contribution < -0.4 is 9.62 Å². The van der Waals surface area contributed by atoms with Crippen LogP contribution in [0.4, 0.5) is 5.69 Å². The largest absolute Gasteiger partial charge is 0.326 e. The van der Waals surface area contributed by atoms with Gasteiger partial charge < -0.3 is 5.73 Å². The van der Waals surface area contributed by atoms with Crippen molar-refractivity contribution in [1.82, 2.24) is 3.89 Å². The van der Waals surface area contributed by atoms with Gasteiger partial charge in [0.25, 0.3) is 0 Å². The van der Waals surface area contributed by atoms with Crippen LogP contribution >= 0.6 is 0 Å². The summed E-state index contributed by atoms with van der Waals surface area (Å²) in [6.07, 6.45) is 6.40. The van der Waals surface area contributed by atoms with Crippen LogP contribution in [0.15, 0.2) is 72.5 Å². The lowest BCUT2D eigenvalue weighted by Crippen LogP contribution is -2.51. The van der Waals surface area contributed by atoms with Crippen LogP contribution in [0.3, 0.4) is 0 Å². The summed E-state index contributed by atoms with van der Waals surface area (Å²) in [5.41, 5.74) is 10.9. The molecule has 3 rings (SSSR count). The molecular weight excluding hydrogens is 356 g/mol. The maximum absolute atomic E-state index is 13.1. The highest BCUT2D eigenvalue weighted by Gasteiger charge is 2.42. The van der Waals surface area contributed by atoms with E-state index in [1.807, 2.05) is 48.6 Å². The van der Waals surface area contributed by atoms with Gasteiger partial charge in [0.05, 0.1) is 5.75 Å². The molecule has 1 heterocycles. The summed E-state index contributed by atoms with van der Waals surface area (Å²) in [6.45, 7) is 4.46. The quantitative estimate of drug-likeness (QED) is 0.775. The third-order valence-corrected chi connectivity index (χ3v) is 7.37. The van der Waals surface area contributed by atoms with E-state index in [0.717, 1.165) is 28.8 Å². The summed E-state index contributed by atoms with van der Waals surface area (Å²) in [4.78, 5) is 0. The number of hydrogen-bond acceptors (Lipinski definition) is 3. The van der Waals surface area contributed by atoms with E-state index in [1.165, 1.54) is 5.56 Å². The number of aryl methyl sites for hydroxylation is 1. The fourth-order valence-corrected chi connectivity index (χ4v) is 5.01. The third-order valence-electron chi connectivity index (χ3n) is 5.19. The summed E-state index contributed by atoms with van der Waals surface area (Å²) in [7, 11) is -3.43. The molecule has 1 atom stereocenters. The SMILES string of the molecule is CCS(=O)(=O)[N+]1(c2ccc(C)c(Cc3ccccc3)c2)C=C(CN)C=CC1. The topological polar surface area (TPSA) is 60.2 Å². The second-order valence-electron chi connectivity index (χ2n) is 6.93. The van der Waals surface area contributed by atoms with Gasteiger partial charge in [0, 0.05) is 24.3 Å². The van der Waals surface area contributed by atoms with Crippen LogP contribution in [-0.4, -0.2) is 27.3 Å². The Morgan fingerprint density at radius 1 is 1.11 bits per heavy atom. The zero-order valence-corrected chi connectivity index (χ0v) is 16.7. The number of sulfonamides is 1. The fraction of sp³-hybridized carbons (Fsp3) is 0.273. The van der Waals surface area contributed by atoms with Crippen molar-refractivity contribution in [1.29, 1.82) is 0 Å². The molecule has 4 nitrogen and oxygen atoms in total. The third kappa shape index (κ3) is 3.76. The monoisotopic (exact) mass is 383 g/mol. The van der Waals surface area contributed by atoms with Gasteiger partial charge in [-0.3, -0.25) is 0 Å². The Morgan fingerprint density at radius 3 is 2.52 bits per heavy atom. The summed E-state index contributed by atoms with van der Waals surface area (Å²) in [6, 6.07) is 16.2. The van der Waals surface area contributed by atoms with Crippen LogP contribution in [0.5, 0.6) is 0 Å². The number of nitrogens with zero attached hydrogens (tertiary/aromatic N) is 1. The van der Waals surface area contributed by atoms with Gasteiger partial charge in [-0.15, -0.1) is 0 Å². The molecule has 2 aromatic rings. The molecule has 2 aromatic carbocycles. The minimum absolute atomic E-state index is 0.0666. The first-order chi connectivity index (χ1) is 12.9. The van der Waals surface area contributed by atoms with Gasteiger partial charge in [-0.05, 0) is 43.0 Å². The highest BCUT2D eigenvalue weighted by atomic mass is 32.2. The Balaban J connectivity index is 2.13. The molecule has 1 aliphatic rings. The van der Waals surface area contributed by atoms with E-state index in [0.29, 0.717) is 13.1 Å². The second kappa shape index (κ2) is 7.80. The lowest BCUT2D eigenvalue weighted by atomic mass is 9.99. The molecule has 0 saturated carbocycles. The van der Waals surface area contributed by atoms with Crippen LogP contribution in [0.2, 0.25) is 0 Å². The van der Waals surface area contributed by atoms with E-state index in [9.17, 15) is 8.42 Å². The van der Waals surface area contributed by atoms with Gasteiger partial charge in [0.15, 0.2) is 5.69 Å². The van der Waals surface area contributed by atoms with Crippen molar-refractivity contribution in [2.75, 3.05) is 18.8 Å². The van der Waals surface area contributed by atoms with Crippen LogP contribution in [-0.2, 0) is 16.4 Å².